The van der Waals surface area contributed by atoms with E-state index in [9.17, 15) is 14.7 Å². The van der Waals surface area contributed by atoms with Crippen LogP contribution in [-0.2, 0) is 9.53 Å². The SMILES string of the molecule is COC(=O)c1ccc(C#CCC(N)=O)c(O)c1. The summed E-state index contributed by atoms with van der Waals surface area (Å²) in [5.41, 5.74) is 5.46. The van der Waals surface area contributed by atoms with Crippen LogP contribution in [0.25, 0.3) is 0 Å². The highest BCUT2D eigenvalue weighted by Gasteiger charge is 2.07. The first-order valence-electron chi connectivity index (χ1n) is 4.73. The van der Waals surface area contributed by atoms with Gasteiger partial charge in [-0.25, -0.2) is 4.79 Å². The van der Waals surface area contributed by atoms with E-state index in [1.807, 2.05) is 0 Å². The van der Waals surface area contributed by atoms with Crippen molar-refractivity contribution in [1.29, 1.82) is 0 Å². The van der Waals surface area contributed by atoms with E-state index >= 15 is 0 Å². The van der Waals surface area contributed by atoms with Gasteiger partial charge in [0, 0.05) is 0 Å². The minimum Gasteiger partial charge on any atom is -0.507 e. The van der Waals surface area contributed by atoms with E-state index in [1.54, 1.807) is 0 Å². The smallest absolute Gasteiger partial charge is 0.337 e. The van der Waals surface area contributed by atoms with Crippen molar-refractivity contribution in [3.8, 4) is 17.6 Å². The van der Waals surface area contributed by atoms with Crippen LogP contribution in [0.5, 0.6) is 5.75 Å². The van der Waals surface area contributed by atoms with Crippen LogP contribution >= 0.6 is 0 Å². The van der Waals surface area contributed by atoms with Crippen molar-refractivity contribution >= 4 is 11.9 Å². The van der Waals surface area contributed by atoms with Gasteiger partial charge in [0.05, 0.1) is 24.7 Å². The number of carbonyl (C=O) groups excluding carboxylic acids is 2. The molecule has 0 heterocycles. The number of primary amides is 1. The summed E-state index contributed by atoms with van der Waals surface area (Å²) in [5.74, 6) is 3.85. The Kier molecular flexibility index (Phi) is 4.12. The van der Waals surface area contributed by atoms with Gasteiger partial charge >= 0.3 is 5.97 Å². The summed E-state index contributed by atoms with van der Waals surface area (Å²) in [6.45, 7) is 0. The van der Waals surface area contributed by atoms with Crippen molar-refractivity contribution < 1.29 is 19.4 Å². The number of hydrogen-bond acceptors (Lipinski definition) is 4. The first kappa shape index (κ1) is 12.6. The van der Waals surface area contributed by atoms with Gasteiger partial charge in [-0.3, -0.25) is 4.79 Å². The molecule has 0 aromatic heterocycles. The van der Waals surface area contributed by atoms with Gasteiger partial charge in [-0.15, -0.1) is 0 Å². The molecule has 1 amide bonds. The number of carbonyl (C=O) groups is 2. The molecule has 0 aliphatic carbocycles. The van der Waals surface area contributed by atoms with Crippen molar-refractivity contribution in [1.82, 2.24) is 0 Å². The molecule has 17 heavy (non-hydrogen) atoms. The summed E-state index contributed by atoms with van der Waals surface area (Å²) >= 11 is 0. The van der Waals surface area contributed by atoms with E-state index in [-0.39, 0.29) is 17.7 Å². The van der Waals surface area contributed by atoms with E-state index in [0.717, 1.165) is 0 Å². The predicted molar refractivity (Wildman–Crippen MR) is 60.1 cm³/mol. The molecule has 5 heteroatoms. The average Bonchev–Trinajstić information content (AvgIpc) is 2.29. The topological polar surface area (TPSA) is 89.6 Å². The Morgan fingerprint density at radius 3 is 2.71 bits per heavy atom. The minimum absolute atomic E-state index is 0.0851. The molecule has 0 atom stereocenters. The second-order valence-electron chi connectivity index (χ2n) is 3.17. The van der Waals surface area contributed by atoms with Gasteiger partial charge in [0.2, 0.25) is 5.91 Å². The normalized spacial score (nSPS) is 9.00. The Morgan fingerprint density at radius 1 is 1.47 bits per heavy atom. The zero-order valence-corrected chi connectivity index (χ0v) is 9.19. The number of rotatable bonds is 2. The Balaban J connectivity index is 2.93. The number of aromatic hydroxyl groups is 1. The third-order valence-corrected chi connectivity index (χ3v) is 1.90. The molecule has 0 fully saturated rings. The molecule has 1 rings (SSSR count). The third-order valence-electron chi connectivity index (χ3n) is 1.90. The van der Waals surface area contributed by atoms with Crippen molar-refractivity contribution in [2.75, 3.05) is 7.11 Å². The van der Waals surface area contributed by atoms with E-state index in [4.69, 9.17) is 5.73 Å². The summed E-state index contributed by atoms with van der Waals surface area (Å²) in [6, 6.07) is 4.19. The fourth-order valence-electron chi connectivity index (χ4n) is 1.11. The summed E-state index contributed by atoms with van der Waals surface area (Å²) < 4.78 is 4.50. The standard InChI is InChI=1S/C12H11NO4/c1-17-12(16)9-6-5-8(10(14)7-9)3-2-4-11(13)15/h5-7,14H,4H2,1H3,(H2,13,15). The quantitative estimate of drug-likeness (QED) is 0.571. The van der Waals surface area contributed by atoms with Gasteiger partial charge in [-0.2, -0.15) is 0 Å². The molecule has 0 saturated carbocycles. The number of esters is 1. The maximum Gasteiger partial charge on any atom is 0.337 e. The lowest BCUT2D eigenvalue weighted by Gasteiger charge is -2.01. The summed E-state index contributed by atoms with van der Waals surface area (Å²) in [6.07, 6.45) is -0.0851. The zero-order chi connectivity index (χ0) is 12.8. The monoisotopic (exact) mass is 233 g/mol. The highest BCUT2D eigenvalue weighted by molar-refractivity contribution is 5.90. The molecule has 0 saturated heterocycles. The molecular weight excluding hydrogens is 222 g/mol. The van der Waals surface area contributed by atoms with Gasteiger partial charge in [-0.05, 0) is 18.2 Å². The van der Waals surface area contributed by atoms with Crippen molar-refractivity contribution in [3.63, 3.8) is 0 Å². The van der Waals surface area contributed by atoms with Gasteiger partial charge in [-0.1, -0.05) is 11.8 Å². The lowest BCUT2D eigenvalue weighted by molar-refractivity contribution is -0.117. The fraction of sp³-hybridized carbons (Fsp3) is 0.167. The lowest BCUT2D eigenvalue weighted by Crippen LogP contribution is -2.08. The maximum absolute atomic E-state index is 11.1. The summed E-state index contributed by atoms with van der Waals surface area (Å²) in [4.78, 5) is 21.6. The Bertz CT molecular complexity index is 511. The number of hydrogen-bond donors (Lipinski definition) is 2. The zero-order valence-electron chi connectivity index (χ0n) is 9.19. The molecule has 0 bridgehead atoms. The van der Waals surface area contributed by atoms with Gasteiger partial charge in [0.1, 0.15) is 5.75 Å². The molecule has 3 N–H and O–H groups in total. The number of phenols is 1. The number of nitrogens with two attached hydrogens (primary N) is 1. The second-order valence-corrected chi connectivity index (χ2v) is 3.17. The van der Waals surface area contributed by atoms with Crippen LogP contribution in [0.1, 0.15) is 22.3 Å². The molecule has 88 valence electrons. The van der Waals surface area contributed by atoms with Crippen LogP contribution < -0.4 is 5.73 Å². The Morgan fingerprint density at radius 2 is 2.18 bits per heavy atom. The highest BCUT2D eigenvalue weighted by Crippen LogP contribution is 2.18. The van der Waals surface area contributed by atoms with Crippen LogP contribution in [0.3, 0.4) is 0 Å². The lowest BCUT2D eigenvalue weighted by atomic mass is 10.1. The molecule has 0 radical (unpaired) electrons. The van der Waals surface area contributed by atoms with Gasteiger partial charge < -0.3 is 15.6 Å². The molecule has 0 aliphatic rings. The van der Waals surface area contributed by atoms with E-state index in [0.29, 0.717) is 5.56 Å². The van der Waals surface area contributed by atoms with Crippen LogP contribution in [0, 0.1) is 11.8 Å². The van der Waals surface area contributed by atoms with Crippen LogP contribution in [-0.4, -0.2) is 24.1 Å². The number of methoxy groups -OCH3 is 1. The van der Waals surface area contributed by atoms with Crippen molar-refractivity contribution in [2.24, 2.45) is 5.73 Å². The predicted octanol–water partition coefficient (Wildman–Crippen LogP) is 0.406. The van der Waals surface area contributed by atoms with Gasteiger partial charge in [0.25, 0.3) is 0 Å². The molecular formula is C12H11NO4. The maximum atomic E-state index is 11.1. The molecule has 0 aliphatic heterocycles. The number of benzene rings is 1. The summed E-state index contributed by atoms with van der Waals surface area (Å²) in [5, 5.41) is 9.57. The molecule has 1 aromatic rings. The van der Waals surface area contributed by atoms with Crippen LogP contribution in [0.4, 0.5) is 0 Å². The molecule has 5 nitrogen and oxygen atoms in total. The number of amides is 1. The molecule has 1 aromatic carbocycles. The number of phenolic OH excluding ortho intramolecular Hbond substituents is 1. The average molecular weight is 233 g/mol. The Labute approximate surface area is 98.2 Å². The van der Waals surface area contributed by atoms with Crippen molar-refractivity contribution in [2.45, 2.75) is 6.42 Å². The van der Waals surface area contributed by atoms with E-state index in [1.165, 1.54) is 25.3 Å². The first-order valence-corrected chi connectivity index (χ1v) is 4.73. The van der Waals surface area contributed by atoms with E-state index < -0.39 is 11.9 Å². The minimum atomic E-state index is -0.544. The number of ether oxygens (including phenoxy) is 1. The van der Waals surface area contributed by atoms with Gasteiger partial charge in [0.15, 0.2) is 0 Å². The van der Waals surface area contributed by atoms with E-state index in [2.05, 4.69) is 16.6 Å². The van der Waals surface area contributed by atoms with Crippen molar-refractivity contribution in [3.05, 3.63) is 29.3 Å². The fourth-order valence-corrected chi connectivity index (χ4v) is 1.11. The molecule has 0 unspecified atom stereocenters. The molecule has 0 spiro atoms. The first-order chi connectivity index (χ1) is 8.04. The third kappa shape index (κ3) is 3.54. The summed E-state index contributed by atoms with van der Waals surface area (Å²) in [7, 11) is 1.25. The van der Waals surface area contributed by atoms with Crippen LogP contribution in [0.15, 0.2) is 18.2 Å². The second kappa shape index (κ2) is 5.56. The highest BCUT2D eigenvalue weighted by atomic mass is 16.5. The Hall–Kier alpha value is -2.48. The largest absolute Gasteiger partial charge is 0.507 e. The van der Waals surface area contributed by atoms with Crippen LogP contribution in [0.2, 0.25) is 0 Å².